The number of alkyl halides is 1. The maximum Gasteiger partial charge on any atom is 0.490 e. The first-order valence-corrected chi connectivity index (χ1v) is 13.5. The molecule has 3 rings (SSSR count). The summed E-state index contributed by atoms with van der Waals surface area (Å²) >= 11 is 0. The lowest BCUT2D eigenvalue weighted by Crippen LogP contribution is -2.48. The van der Waals surface area contributed by atoms with Crippen LogP contribution in [0.25, 0.3) is 11.2 Å². The number of nitrogen functional groups attached to an aromatic ring is 1. The van der Waals surface area contributed by atoms with Gasteiger partial charge in [-0.3, -0.25) is 18.9 Å². The highest BCUT2D eigenvalue weighted by atomic mass is 31.3. The molecule has 35 heavy (non-hydrogen) atoms. The van der Waals surface area contributed by atoms with E-state index in [0.717, 1.165) is 25.1 Å². The summed E-state index contributed by atoms with van der Waals surface area (Å²) in [7, 11) is -15.0. The molecule has 6 unspecified atom stereocenters. The minimum absolute atomic E-state index is 0.187. The first kappa shape index (κ1) is 27.9. The van der Waals surface area contributed by atoms with Crippen LogP contribution in [0.4, 0.5) is 10.3 Å². The molecule has 1 saturated heterocycles. The fourth-order valence-corrected chi connectivity index (χ4v) is 6.23. The molecule has 23 heteroatoms. The van der Waals surface area contributed by atoms with Gasteiger partial charge in [0.1, 0.15) is 12.7 Å². The standard InChI is InChI=1S/C12H19FN5O14P3/c1-27-7-5(13)10(18-4-15-6-8(18)16-11(14)17-9(6)19)30-12(7,28-2)3-29-34(23,24)32-35(25,26)31-33(20,21)22/h4-5,7,10H,3H2,1-2H3,(H,23,24)(H,25,26)(H2,20,21,22)(H3,14,16,17,19). The van der Waals surface area contributed by atoms with Crippen LogP contribution >= 0.6 is 23.5 Å². The van der Waals surface area contributed by atoms with Crippen LogP contribution in [0.5, 0.6) is 0 Å². The molecule has 1 aliphatic heterocycles. The predicted molar refractivity (Wildman–Crippen MR) is 108 cm³/mol. The normalized spacial score (nSPS) is 28.7. The molecule has 0 amide bonds. The summed E-state index contributed by atoms with van der Waals surface area (Å²) in [4.78, 5) is 58.0. The summed E-state index contributed by atoms with van der Waals surface area (Å²) in [5.74, 6) is -2.63. The van der Waals surface area contributed by atoms with Gasteiger partial charge in [-0.15, -0.1) is 0 Å². The highest BCUT2D eigenvalue weighted by Gasteiger charge is 2.59. The fraction of sp³-hybridized carbons (Fsp3) is 0.583. The van der Waals surface area contributed by atoms with Gasteiger partial charge in [0.05, 0.1) is 6.33 Å². The van der Waals surface area contributed by atoms with Crippen molar-refractivity contribution in [3.05, 3.63) is 16.7 Å². The van der Waals surface area contributed by atoms with E-state index in [0.29, 0.717) is 0 Å². The maximum absolute atomic E-state index is 15.4. The molecule has 7 N–H and O–H groups in total. The molecule has 19 nitrogen and oxygen atoms in total. The number of phosphoric ester groups is 1. The average molecular weight is 569 g/mol. The number of imidazole rings is 1. The number of nitrogens with two attached hydrogens (primary N) is 1. The highest BCUT2D eigenvalue weighted by molar-refractivity contribution is 7.66. The molecule has 0 spiro atoms. The Morgan fingerprint density at radius 1 is 1.23 bits per heavy atom. The van der Waals surface area contributed by atoms with Gasteiger partial charge in [-0.1, -0.05) is 0 Å². The van der Waals surface area contributed by atoms with Crippen molar-refractivity contribution in [2.75, 3.05) is 26.6 Å². The van der Waals surface area contributed by atoms with Gasteiger partial charge in [0, 0.05) is 14.2 Å². The van der Waals surface area contributed by atoms with Gasteiger partial charge < -0.3 is 39.5 Å². The molecule has 1 fully saturated rings. The number of halogens is 1. The first-order valence-electron chi connectivity index (χ1n) is 8.93. The van der Waals surface area contributed by atoms with Crippen molar-refractivity contribution in [2.24, 2.45) is 0 Å². The van der Waals surface area contributed by atoms with Crippen LogP contribution in [0.2, 0.25) is 0 Å². The number of hydrogen-bond acceptors (Lipinski definition) is 13. The van der Waals surface area contributed by atoms with Crippen LogP contribution in [-0.2, 0) is 41.1 Å². The molecule has 6 atom stereocenters. The minimum atomic E-state index is -5.80. The molecule has 1 aliphatic rings. The van der Waals surface area contributed by atoms with Crippen molar-refractivity contribution in [3.8, 4) is 0 Å². The third-order valence-electron chi connectivity index (χ3n) is 4.48. The Bertz CT molecular complexity index is 1300. The number of anilines is 1. The summed E-state index contributed by atoms with van der Waals surface area (Å²) in [6, 6.07) is 0. The highest BCUT2D eigenvalue weighted by Crippen LogP contribution is 2.66. The van der Waals surface area contributed by atoms with Crippen molar-refractivity contribution < 1.29 is 65.0 Å². The van der Waals surface area contributed by atoms with E-state index in [1.807, 2.05) is 0 Å². The van der Waals surface area contributed by atoms with Crippen LogP contribution in [0.1, 0.15) is 6.23 Å². The topological polar surface area (TPSA) is 277 Å². The van der Waals surface area contributed by atoms with E-state index >= 15 is 4.39 Å². The van der Waals surface area contributed by atoms with E-state index in [9.17, 15) is 28.3 Å². The molecule has 0 aliphatic carbocycles. The zero-order valence-electron chi connectivity index (χ0n) is 17.5. The van der Waals surface area contributed by atoms with Crippen molar-refractivity contribution in [1.82, 2.24) is 19.5 Å². The number of nitrogens with zero attached hydrogens (tertiary/aromatic N) is 3. The lowest BCUT2D eigenvalue weighted by molar-refractivity contribution is -0.270. The van der Waals surface area contributed by atoms with Gasteiger partial charge in [-0.2, -0.15) is 13.6 Å². The SMILES string of the molecule is COC1C(F)C(n2cnc3c(=O)[nH]c(N)nc32)OC1(COP(=O)(O)OP(=O)(O)OP(=O)(O)O)OC. The molecule has 198 valence electrons. The van der Waals surface area contributed by atoms with Crippen LogP contribution in [0, 0.1) is 0 Å². The van der Waals surface area contributed by atoms with E-state index in [1.54, 1.807) is 0 Å². The molecule has 2 aromatic heterocycles. The monoisotopic (exact) mass is 569 g/mol. The van der Waals surface area contributed by atoms with E-state index in [2.05, 4.69) is 28.1 Å². The number of fused-ring (bicyclic) bond motifs is 1. The maximum atomic E-state index is 15.4. The van der Waals surface area contributed by atoms with Crippen LogP contribution in [0.15, 0.2) is 11.1 Å². The third kappa shape index (κ3) is 6.03. The molecule has 0 saturated carbocycles. The van der Waals surface area contributed by atoms with Gasteiger partial charge in [0.25, 0.3) is 5.56 Å². The van der Waals surface area contributed by atoms with Gasteiger partial charge >= 0.3 is 23.5 Å². The smallest absolute Gasteiger partial charge is 0.372 e. The second-order valence-corrected chi connectivity index (χ2v) is 11.2. The molecule has 2 aromatic rings. The Balaban J connectivity index is 1.88. The lowest BCUT2D eigenvalue weighted by atomic mass is 10.1. The summed E-state index contributed by atoms with van der Waals surface area (Å²) in [6.45, 7) is -1.19. The van der Waals surface area contributed by atoms with Gasteiger partial charge in [-0.05, 0) is 0 Å². The number of ether oxygens (including phenoxy) is 3. The number of methoxy groups -OCH3 is 2. The van der Waals surface area contributed by atoms with E-state index in [1.165, 1.54) is 0 Å². The molecule has 0 bridgehead atoms. The van der Waals surface area contributed by atoms with Crippen LogP contribution < -0.4 is 11.3 Å². The summed E-state index contributed by atoms with van der Waals surface area (Å²) in [5.41, 5.74) is 4.39. The number of aromatic amines is 1. The van der Waals surface area contributed by atoms with E-state index < -0.39 is 59.9 Å². The summed E-state index contributed by atoms with van der Waals surface area (Å²) in [5, 5.41) is 0. The second kappa shape index (κ2) is 9.68. The second-order valence-electron chi connectivity index (χ2n) is 6.76. The summed E-state index contributed by atoms with van der Waals surface area (Å²) < 4.78 is 78.2. The Kier molecular flexibility index (Phi) is 7.73. The number of nitrogens with one attached hydrogen (secondary N) is 1. The van der Waals surface area contributed by atoms with Crippen LogP contribution in [0.3, 0.4) is 0 Å². The number of rotatable bonds is 10. The average Bonchev–Trinajstić information content (AvgIpc) is 3.22. The molecular weight excluding hydrogens is 550 g/mol. The minimum Gasteiger partial charge on any atom is -0.372 e. The van der Waals surface area contributed by atoms with Gasteiger partial charge in [0.2, 0.25) is 11.7 Å². The van der Waals surface area contributed by atoms with Crippen molar-refractivity contribution in [1.29, 1.82) is 0 Å². The van der Waals surface area contributed by atoms with Crippen LogP contribution in [-0.4, -0.2) is 78.0 Å². The first-order chi connectivity index (χ1) is 16.0. The van der Waals surface area contributed by atoms with Gasteiger partial charge in [0.15, 0.2) is 23.6 Å². The zero-order chi connectivity index (χ0) is 26.4. The Hall–Kier alpha value is -1.63. The molecular formula is C12H19FN5O14P3. The van der Waals surface area contributed by atoms with E-state index in [4.69, 9.17) is 29.7 Å². The Labute approximate surface area is 193 Å². The number of aromatic nitrogens is 4. The van der Waals surface area contributed by atoms with Crippen molar-refractivity contribution in [3.63, 3.8) is 0 Å². The number of phosphoric acid groups is 3. The number of H-pyrrole nitrogens is 1. The Morgan fingerprint density at radius 3 is 2.46 bits per heavy atom. The summed E-state index contributed by atoms with van der Waals surface area (Å²) in [6.07, 6.45) is -4.45. The zero-order valence-corrected chi connectivity index (χ0v) is 20.2. The predicted octanol–water partition coefficient (Wildman–Crippen LogP) is -0.730. The third-order valence-corrected chi connectivity index (χ3v) is 8.27. The van der Waals surface area contributed by atoms with E-state index in [-0.39, 0.29) is 17.1 Å². The van der Waals surface area contributed by atoms with Crippen molar-refractivity contribution >= 4 is 40.6 Å². The number of hydrogen-bond donors (Lipinski definition) is 6. The van der Waals surface area contributed by atoms with Gasteiger partial charge in [-0.25, -0.2) is 23.1 Å². The molecule has 3 heterocycles. The van der Waals surface area contributed by atoms with Crippen molar-refractivity contribution in [2.45, 2.75) is 24.3 Å². The quantitative estimate of drug-likeness (QED) is 0.192. The molecule has 0 radical (unpaired) electrons. The molecule has 0 aromatic carbocycles. The fourth-order valence-electron chi connectivity index (χ4n) is 3.19. The lowest BCUT2D eigenvalue weighted by Gasteiger charge is -2.31. The Morgan fingerprint density at radius 2 is 1.89 bits per heavy atom. The largest absolute Gasteiger partial charge is 0.490 e.